The van der Waals surface area contributed by atoms with E-state index in [4.69, 9.17) is 11.6 Å². The predicted octanol–water partition coefficient (Wildman–Crippen LogP) is 5.86. The zero-order valence-electron chi connectivity index (χ0n) is 19.5. The molecule has 0 aliphatic carbocycles. The number of rotatable bonds is 6. The van der Waals surface area contributed by atoms with Gasteiger partial charge in [0, 0.05) is 30.1 Å². The highest BCUT2D eigenvalue weighted by Gasteiger charge is 2.36. The fourth-order valence-corrected chi connectivity index (χ4v) is 7.16. The highest BCUT2D eigenvalue weighted by molar-refractivity contribution is 7.89. The van der Waals surface area contributed by atoms with Crippen molar-refractivity contribution in [3.63, 3.8) is 0 Å². The van der Waals surface area contributed by atoms with Crippen molar-refractivity contribution < 1.29 is 22.0 Å². The second-order valence-electron chi connectivity index (χ2n) is 8.77. The number of hydrogen-bond donors (Lipinski definition) is 0. The molecule has 6 nitrogen and oxygen atoms in total. The Morgan fingerprint density at radius 1 is 1.05 bits per heavy atom. The highest BCUT2D eigenvalue weighted by atomic mass is 35.5. The molecule has 0 N–H and O–H groups in total. The molecule has 3 aromatic carbocycles. The van der Waals surface area contributed by atoms with E-state index in [9.17, 15) is 22.0 Å². The van der Waals surface area contributed by atoms with E-state index in [0.717, 1.165) is 32.2 Å². The van der Waals surface area contributed by atoms with Crippen LogP contribution >= 0.6 is 22.9 Å². The van der Waals surface area contributed by atoms with Crippen LogP contribution in [0.5, 0.6) is 0 Å². The fraction of sp³-hybridized carbons (Fsp3) is 0.231. The Hall–Kier alpha value is -2.92. The number of halogens is 3. The van der Waals surface area contributed by atoms with Crippen LogP contribution in [-0.4, -0.2) is 36.7 Å². The van der Waals surface area contributed by atoms with E-state index in [0.29, 0.717) is 22.8 Å². The molecule has 1 aromatic heterocycles. The summed E-state index contributed by atoms with van der Waals surface area (Å²) < 4.78 is 55.4. The summed E-state index contributed by atoms with van der Waals surface area (Å²) in [6, 6.07) is 17.3. The summed E-state index contributed by atoms with van der Waals surface area (Å²) in [6.45, 7) is 0.404. The van der Waals surface area contributed by atoms with Gasteiger partial charge in [0.25, 0.3) is 0 Å². The first-order chi connectivity index (χ1) is 17.7. The number of amides is 1. The molecule has 0 unspecified atom stereocenters. The average Bonchev–Trinajstić information content (AvgIpc) is 3.30. The zero-order valence-corrected chi connectivity index (χ0v) is 21.9. The molecular weight excluding hydrogens is 540 g/mol. The van der Waals surface area contributed by atoms with E-state index < -0.39 is 32.5 Å². The summed E-state index contributed by atoms with van der Waals surface area (Å²) in [5, 5.41) is 1.12. The Kier molecular flexibility index (Phi) is 7.26. The summed E-state index contributed by atoms with van der Waals surface area (Å²) in [5.41, 5.74) is 1.66. The lowest BCUT2D eigenvalue weighted by Gasteiger charge is -2.33. The van der Waals surface area contributed by atoms with E-state index >= 15 is 0 Å². The average molecular weight is 562 g/mol. The van der Waals surface area contributed by atoms with Crippen LogP contribution in [0.25, 0.3) is 10.2 Å². The van der Waals surface area contributed by atoms with Crippen molar-refractivity contribution in [2.75, 3.05) is 18.0 Å². The molecule has 0 bridgehead atoms. The van der Waals surface area contributed by atoms with Crippen LogP contribution in [-0.2, 0) is 21.4 Å². The van der Waals surface area contributed by atoms with Crippen LogP contribution in [0.1, 0.15) is 18.4 Å². The zero-order chi connectivity index (χ0) is 26.2. The highest BCUT2D eigenvalue weighted by Crippen LogP contribution is 2.34. The van der Waals surface area contributed by atoms with Crippen molar-refractivity contribution >= 4 is 54.2 Å². The Bertz CT molecular complexity index is 1560. The smallest absolute Gasteiger partial charge is 0.245 e. The molecule has 1 aliphatic heterocycles. The molecule has 1 aliphatic rings. The van der Waals surface area contributed by atoms with E-state index in [1.165, 1.54) is 11.3 Å². The van der Waals surface area contributed by atoms with Crippen molar-refractivity contribution in [2.45, 2.75) is 24.3 Å². The van der Waals surface area contributed by atoms with Crippen LogP contribution in [0.2, 0.25) is 5.02 Å². The van der Waals surface area contributed by atoms with Gasteiger partial charge in [0.1, 0.15) is 16.5 Å². The Morgan fingerprint density at radius 2 is 1.78 bits per heavy atom. The number of sulfonamides is 1. The van der Waals surface area contributed by atoms with Gasteiger partial charge < -0.3 is 0 Å². The summed E-state index contributed by atoms with van der Waals surface area (Å²) in [7, 11) is -4.16. The molecule has 0 spiro atoms. The molecule has 1 saturated heterocycles. The third-order valence-corrected chi connectivity index (χ3v) is 9.54. The number of aromatic nitrogens is 1. The maximum Gasteiger partial charge on any atom is 0.245 e. The monoisotopic (exact) mass is 561 g/mol. The van der Waals surface area contributed by atoms with Crippen molar-refractivity contribution in [1.29, 1.82) is 0 Å². The summed E-state index contributed by atoms with van der Waals surface area (Å²) >= 11 is 7.50. The van der Waals surface area contributed by atoms with Crippen molar-refractivity contribution in [2.24, 2.45) is 5.92 Å². The largest absolute Gasteiger partial charge is 0.283 e. The first-order valence-electron chi connectivity index (χ1n) is 11.6. The maximum absolute atomic E-state index is 14.2. The van der Waals surface area contributed by atoms with Gasteiger partial charge in [-0.2, -0.15) is 4.31 Å². The molecule has 0 radical (unpaired) electrons. The second kappa shape index (κ2) is 10.4. The molecule has 192 valence electrons. The third-order valence-electron chi connectivity index (χ3n) is 6.33. The van der Waals surface area contributed by atoms with Crippen LogP contribution in [0.15, 0.2) is 71.6 Å². The van der Waals surface area contributed by atoms with E-state index in [1.807, 2.05) is 30.3 Å². The van der Waals surface area contributed by atoms with E-state index in [1.54, 1.807) is 23.1 Å². The Morgan fingerprint density at radius 3 is 2.49 bits per heavy atom. The van der Waals surface area contributed by atoms with Crippen molar-refractivity contribution in [1.82, 2.24) is 9.29 Å². The number of benzene rings is 3. The lowest BCUT2D eigenvalue weighted by molar-refractivity contribution is -0.123. The molecule has 11 heteroatoms. The van der Waals surface area contributed by atoms with Gasteiger partial charge in [0.05, 0.1) is 16.8 Å². The number of carbonyl (C=O) groups excluding carboxylic acids is 1. The first kappa shape index (κ1) is 25.7. The number of anilines is 1. The maximum atomic E-state index is 14.2. The van der Waals surface area contributed by atoms with Gasteiger partial charge >= 0.3 is 0 Å². The number of piperidine rings is 1. The van der Waals surface area contributed by atoms with Gasteiger partial charge in [-0.3, -0.25) is 9.69 Å². The Balaban J connectivity index is 1.37. The Labute approximate surface area is 222 Å². The topological polar surface area (TPSA) is 70.6 Å². The normalized spacial score (nSPS) is 15.2. The number of fused-ring (bicyclic) bond motifs is 1. The molecule has 5 rings (SSSR count). The van der Waals surface area contributed by atoms with Crippen LogP contribution < -0.4 is 4.90 Å². The van der Waals surface area contributed by atoms with Crippen LogP contribution in [0.4, 0.5) is 13.9 Å². The third kappa shape index (κ3) is 5.38. The number of carbonyl (C=O) groups is 1. The number of hydrogen-bond acceptors (Lipinski definition) is 5. The van der Waals surface area contributed by atoms with Crippen LogP contribution in [0.3, 0.4) is 0 Å². The minimum Gasteiger partial charge on any atom is -0.283 e. The molecule has 1 amide bonds. The number of nitrogens with zero attached hydrogens (tertiary/aromatic N) is 3. The minimum atomic E-state index is -4.16. The summed E-state index contributed by atoms with van der Waals surface area (Å²) in [6.07, 6.45) is 0.534. The van der Waals surface area contributed by atoms with Gasteiger partial charge in [-0.1, -0.05) is 53.3 Å². The predicted molar refractivity (Wildman–Crippen MR) is 140 cm³/mol. The molecule has 37 heavy (non-hydrogen) atoms. The van der Waals surface area contributed by atoms with Crippen LogP contribution in [0, 0.1) is 17.6 Å². The van der Waals surface area contributed by atoms with Gasteiger partial charge in [-0.15, -0.1) is 0 Å². The molecule has 4 aromatic rings. The molecule has 2 heterocycles. The molecule has 0 atom stereocenters. The van der Waals surface area contributed by atoms with Gasteiger partial charge in [-0.05, 0) is 48.7 Å². The summed E-state index contributed by atoms with van der Waals surface area (Å²) in [4.78, 5) is 19.5. The SMILES string of the molecule is O=C(C1CCN(S(=O)(=O)c2ccc(F)cc2F)CC1)N(Cc1ccccc1)c1nc2ccc(Cl)cc2s1. The quantitative estimate of drug-likeness (QED) is 0.295. The van der Waals surface area contributed by atoms with Gasteiger partial charge in [-0.25, -0.2) is 22.2 Å². The lowest BCUT2D eigenvalue weighted by atomic mass is 9.96. The molecule has 1 fully saturated rings. The molecular formula is C26H22ClF2N3O3S2. The minimum absolute atomic E-state index is 0.0458. The number of thiazole rings is 1. The standard InChI is InChI=1S/C26H22ClF2N3O3S2/c27-19-6-8-22-23(14-19)36-26(30-22)32(16-17-4-2-1-3-5-17)25(33)18-10-12-31(13-11-18)37(34,35)24-9-7-20(28)15-21(24)29/h1-9,14-15,18H,10-13,16H2. The summed E-state index contributed by atoms with van der Waals surface area (Å²) in [5.74, 6) is -2.58. The second-order valence-corrected chi connectivity index (χ2v) is 12.1. The van der Waals surface area contributed by atoms with Crippen molar-refractivity contribution in [3.05, 3.63) is 89.0 Å². The van der Waals surface area contributed by atoms with Gasteiger partial charge in [0.15, 0.2) is 5.13 Å². The lowest BCUT2D eigenvalue weighted by Crippen LogP contribution is -2.44. The van der Waals surface area contributed by atoms with Crippen molar-refractivity contribution in [3.8, 4) is 0 Å². The first-order valence-corrected chi connectivity index (χ1v) is 14.2. The van der Waals surface area contributed by atoms with Gasteiger partial charge in [0.2, 0.25) is 15.9 Å². The molecule has 0 saturated carbocycles. The fourth-order valence-electron chi connectivity index (χ4n) is 4.39. The van der Waals surface area contributed by atoms with E-state index in [-0.39, 0.29) is 31.8 Å². The van der Waals surface area contributed by atoms with E-state index in [2.05, 4.69) is 4.98 Å².